The molecule has 0 aliphatic carbocycles. The Morgan fingerprint density at radius 3 is 2.67 bits per heavy atom. The smallest absolute Gasteiger partial charge is 0.274 e. The van der Waals surface area contributed by atoms with Gasteiger partial charge in [0.15, 0.2) is 17.2 Å². The molecule has 4 heterocycles. The van der Waals surface area contributed by atoms with Crippen molar-refractivity contribution in [2.75, 3.05) is 5.73 Å². The molecule has 2 aromatic carbocycles. The van der Waals surface area contributed by atoms with Crippen LogP contribution in [0.2, 0.25) is 0 Å². The molecule has 0 bridgehead atoms. The van der Waals surface area contributed by atoms with Gasteiger partial charge in [0.05, 0.1) is 33.7 Å². The van der Waals surface area contributed by atoms with Gasteiger partial charge in [-0.05, 0) is 61.6 Å². The highest BCUT2D eigenvalue weighted by Crippen LogP contribution is 2.24. The Bertz CT molecular complexity index is 2020. The predicted octanol–water partition coefficient (Wildman–Crippen LogP) is 4.27. The van der Waals surface area contributed by atoms with E-state index in [1.807, 2.05) is 68.4 Å². The van der Waals surface area contributed by atoms with Crippen molar-refractivity contribution in [3.8, 4) is 17.5 Å². The van der Waals surface area contributed by atoms with E-state index in [1.54, 1.807) is 28.4 Å². The molecule has 0 saturated heterocycles. The lowest BCUT2D eigenvalue weighted by Crippen LogP contribution is -2.33. The quantitative estimate of drug-likeness (QED) is 0.319. The van der Waals surface area contributed by atoms with Crippen LogP contribution in [0, 0.1) is 18.8 Å². The molecule has 0 aliphatic rings. The van der Waals surface area contributed by atoms with Gasteiger partial charge < -0.3 is 11.1 Å². The van der Waals surface area contributed by atoms with Crippen LogP contribution in [0.25, 0.3) is 22.1 Å². The average molecular weight is 546 g/mol. The Labute approximate surface area is 233 Å². The number of fused-ring (bicyclic) bond motifs is 2. The Kier molecular flexibility index (Phi) is 6.34. The third-order valence-corrected chi connectivity index (χ3v) is 7.17. The van der Waals surface area contributed by atoms with Crippen molar-refractivity contribution in [2.45, 2.75) is 19.9 Å². The number of imidazole rings is 1. The van der Waals surface area contributed by atoms with E-state index in [-0.39, 0.29) is 17.1 Å². The normalized spacial score (nSPS) is 11.8. The molecular weight excluding hydrogens is 522 g/mol. The van der Waals surface area contributed by atoms with Crippen LogP contribution in [0.3, 0.4) is 0 Å². The van der Waals surface area contributed by atoms with Crippen LogP contribution in [0.15, 0.2) is 83.2 Å². The fourth-order valence-corrected chi connectivity index (χ4v) is 5.12. The number of para-hydroxylation sites is 1. The van der Waals surface area contributed by atoms with E-state index in [4.69, 9.17) is 5.73 Å². The molecule has 1 atom stereocenters. The number of thiazole rings is 1. The fourth-order valence-electron chi connectivity index (χ4n) is 4.65. The molecule has 6 rings (SSSR count). The van der Waals surface area contributed by atoms with E-state index in [2.05, 4.69) is 32.2 Å². The van der Waals surface area contributed by atoms with Crippen LogP contribution in [0.4, 0.5) is 5.82 Å². The molecule has 196 valence electrons. The SMILES string of the molecule is Cc1ccc2nc(N)c(C(=O)N[C@@H](C)c3cc4cccc(C#Cc5cncs5)c4c(=O)n3-c3ccccc3)n2n1. The van der Waals surface area contributed by atoms with Gasteiger partial charge in [0.25, 0.3) is 11.5 Å². The summed E-state index contributed by atoms with van der Waals surface area (Å²) in [7, 11) is 0. The molecule has 4 aromatic heterocycles. The molecule has 9 nitrogen and oxygen atoms in total. The first kappa shape index (κ1) is 25.0. The molecular formula is C30H23N7O2S. The third kappa shape index (κ3) is 4.48. The largest absolute Gasteiger partial charge is 0.382 e. The van der Waals surface area contributed by atoms with Gasteiger partial charge >= 0.3 is 0 Å². The summed E-state index contributed by atoms with van der Waals surface area (Å²) in [5.41, 5.74) is 10.8. The fraction of sp³-hybridized carbons (Fsp3) is 0.100. The third-order valence-electron chi connectivity index (χ3n) is 6.49. The lowest BCUT2D eigenvalue weighted by molar-refractivity contribution is 0.0932. The number of benzene rings is 2. The average Bonchev–Trinajstić information content (AvgIpc) is 3.58. The number of hydrogen-bond acceptors (Lipinski definition) is 7. The van der Waals surface area contributed by atoms with Gasteiger partial charge in [0.1, 0.15) is 0 Å². The van der Waals surface area contributed by atoms with Crippen molar-refractivity contribution in [2.24, 2.45) is 0 Å². The molecule has 40 heavy (non-hydrogen) atoms. The van der Waals surface area contributed by atoms with Crippen molar-refractivity contribution in [1.82, 2.24) is 29.5 Å². The van der Waals surface area contributed by atoms with Gasteiger partial charge in [0.2, 0.25) is 0 Å². The molecule has 0 aliphatic heterocycles. The Hall–Kier alpha value is -5.27. The zero-order valence-electron chi connectivity index (χ0n) is 21.6. The molecule has 1 amide bonds. The lowest BCUT2D eigenvalue weighted by atomic mass is 10.0. The standard InChI is InChI=1S/C30H23N7O2S/c1-18-11-14-25-34-28(31)27(37(25)35-18)29(38)33-19(2)24-15-21-8-6-7-20(12-13-23-16-32-17-40-23)26(21)30(39)36(24)22-9-4-3-5-10-22/h3-11,14-17,19H,31H2,1-2H3,(H,33,38)/t19-/m0/s1. The maximum absolute atomic E-state index is 14.1. The number of hydrogen-bond donors (Lipinski definition) is 2. The van der Waals surface area contributed by atoms with E-state index in [9.17, 15) is 9.59 Å². The lowest BCUT2D eigenvalue weighted by Gasteiger charge is -2.21. The number of pyridine rings is 1. The summed E-state index contributed by atoms with van der Waals surface area (Å²) >= 11 is 1.44. The number of rotatable bonds is 4. The molecule has 0 unspecified atom stereocenters. The maximum Gasteiger partial charge on any atom is 0.274 e. The molecule has 0 fully saturated rings. The van der Waals surface area contributed by atoms with Crippen LogP contribution in [0.5, 0.6) is 0 Å². The highest BCUT2D eigenvalue weighted by Gasteiger charge is 2.23. The van der Waals surface area contributed by atoms with E-state index in [0.717, 1.165) is 10.3 Å². The second-order valence-electron chi connectivity index (χ2n) is 9.22. The summed E-state index contributed by atoms with van der Waals surface area (Å²) in [6, 6.07) is 19.8. The second-order valence-corrected chi connectivity index (χ2v) is 10.1. The maximum atomic E-state index is 14.1. The van der Waals surface area contributed by atoms with Gasteiger partial charge in [-0.15, -0.1) is 11.3 Å². The number of carbonyl (C=O) groups excluding carboxylic acids is 1. The zero-order valence-corrected chi connectivity index (χ0v) is 22.4. The number of amides is 1. The summed E-state index contributed by atoms with van der Waals surface area (Å²) < 4.78 is 3.05. The van der Waals surface area contributed by atoms with Gasteiger partial charge in [-0.2, -0.15) is 5.10 Å². The Balaban J connectivity index is 1.48. The van der Waals surface area contributed by atoms with E-state index in [1.165, 1.54) is 15.9 Å². The number of nitrogen functional groups attached to an aromatic ring is 1. The number of aromatic nitrogens is 5. The first-order valence-electron chi connectivity index (χ1n) is 12.5. The van der Waals surface area contributed by atoms with Gasteiger partial charge in [-0.1, -0.05) is 36.3 Å². The van der Waals surface area contributed by atoms with Gasteiger partial charge in [-0.25, -0.2) is 9.50 Å². The summed E-state index contributed by atoms with van der Waals surface area (Å²) in [6.07, 6.45) is 1.70. The molecule has 0 spiro atoms. The molecule has 6 aromatic rings. The van der Waals surface area contributed by atoms with Crippen LogP contribution >= 0.6 is 11.3 Å². The van der Waals surface area contributed by atoms with E-state index < -0.39 is 11.9 Å². The van der Waals surface area contributed by atoms with Crippen molar-refractivity contribution < 1.29 is 4.79 Å². The second kappa shape index (κ2) is 10.1. The first-order chi connectivity index (χ1) is 19.4. The number of carbonyl (C=O) groups is 1. The van der Waals surface area contributed by atoms with Crippen LogP contribution in [-0.2, 0) is 0 Å². The number of anilines is 1. The monoisotopic (exact) mass is 545 g/mol. The zero-order chi connectivity index (χ0) is 27.8. The topological polar surface area (TPSA) is 120 Å². The van der Waals surface area contributed by atoms with Crippen molar-refractivity contribution in [1.29, 1.82) is 0 Å². The first-order valence-corrected chi connectivity index (χ1v) is 13.4. The summed E-state index contributed by atoms with van der Waals surface area (Å²) in [4.78, 5) is 36.8. The highest BCUT2D eigenvalue weighted by atomic mass is 32.1. The number of nitrogens with two attached hydrogens (primary N) is 1. The predicted molar refractivity (Wildman–Crippen MR) is 156 cm³/mol. The van der Waals surface area contributed by atoms with Crippen molar-refractivity contribution >= 4 is 39.5 Å². The highest BCUT2D eigenvalue weighted by molar-refractivity contribution is 7.10. The van der Waals surface area contributed by atoms with Gasteiger partial charge in [-0.3, -0.25) is 19.1 Å². The molecule has 10 heteroatoms. The number of nitrogens with one attached hydrogen (secondary N) is 1. The molecule has 0 radical (unpaired) electrons. The Morgan fingerprint density at radius 1 is 1.07 bits per heavy atom. The minimum atomic E-state index is -0.577. The van der Waals surface area contributed by atoms with Crippen LogP contribution in [-0.4, -0.2) is 30.1 Å². The van der Waals surface area contributed by atoms with Crippen LogP contribution < -0.4 is 16.6 Å². The van der Waals surface area contributed by atoms with Crippen molar-refractivity contribution in [3.63, 3.8) is 0 Å². The summed E-state index contributed by atoms with van der Waals surface area (Å²) in [5, 5.41) is 8.62. The van der Waals surface area contributed by atoms with E-state index in [0.29, 0.717) is 33.7 Å². The molecule has 0 saturated carbocycles. The minimum absolute atomic E-state index is 0.0749. The Morgan fingerprint density at radius 2 is 1.90 bits per heavy atom. The van der Waals surface area contributed by atoms with Crippen molar-refractivity contribution in [3.05, 3.63) is 116 Å². The number of aryl methyl sites for hydroxylation is 1. The van der Waals surface area contributed by atoms with Crippen LogP contribution in [0.1, 0.15) is 45.3 Å². The van der Waals surface area contributed by atoms with E-state index >= 15 is 0 Å². The minimum Gasteiger partial charge on any atom is -0.382 e. The molecule has 3 N–H and O–H groups in total. The summed E-state index contributed by atoms with van der Waals surface area (Å²) in [6.45, 7) is 3.65. The number of nitrogens with zero attached hydrogens (tertiary/aromatic N) is 5. The van der Waals surface area contributed by atoms with Gasteiger partial charge in [0, 0.05) is 16.9 Å². The summed E-state index contributed by atoms with van der Waals surface area (Å²) in [5.74, 6) is 5.86.